The summed E-state index contributed by atoms with van der Waals surface area (Å²) in [5.74, 6) is 0.548. The van der Waals surface area contributed by atoms with Gasteiger partial charge in [0.15, 0.2) is 0 Å². The highest BCUT2D eigenvalue weighted by molar-refractivity contribution is 6.30. The highest BCUT2D eigenvalue weighted by Gasteiger charge is 2.26. The Balaban J connectivity index is 1.75. The first-order chi connectivity index (χ1) is 16.6. The fourth-order valence-electron chi connectivity index (χ4n) is 4.09. The molecule has 5 rings (SSSR count). The number of H-pyrrole nitrogens is 1. The predicted molar refractivity (Wildman–Crippen MR) is 134 cm³/mol. The van der Waals surface area contributed by atoms with Crippen molar-refractivity contribution in [1.29, 1.82) is 0 Å². The van der Waals surface area contributed by atoms with Crippen molar-refractivity contribution in [1.82, 2.24) is 19.6 Å². The molecule has 4 aromatic rings. The number of benzene rings is 1. The molecule has 0 saturated heterocycles. The number of ether oxygens (including phenoxy) is 1. The van der Waals surface area contributed by atoms with Crippen molar-refractivity contribution in [2.24, 2.45) is 0 Å². The molecule has 1 aliphatic heterocycles. The molecule has 0 bridgehead atoms. The number of hydroxylamine groups is 2. The largest absolute Gasteiger partial charge is 0.477 e. The maximum Gasteiger partial charge on any atom is 0.248 e. The van der Waals surface area contributed by atoms with Crippen LogP contribution in [0.5, 0.6) is 0 Å². The Kier molecular flexibility index (Phi) is 5.96. The lowest BCUT2D eigenvalue weighted by Gasteiger charge is -2.23. The van der Waals surface area contributed by atoms with E-state index < -0.39 is 0 Å². The van der Waals surface area contributed by atoms with Gasteiger partial charge in [0.2, 0.25) is 11.4 Å². The Morgan fingerprint density at radius 2 is 1.85 bits per heavy atom. The molecule has 4 heterocycles. The predicted octanol–water partition coefficient (Wildman–Crippen LogP) is 5.49. The second-order valence-corrected chi connectivity index (χ2v) is 8.07. The van der Waals surface area contributed by atoms with Crippen LogP contribution in [-0.2, 0) is 9.57 Å². The molecule has 1 aromatic carbocycles. The van der Waals surface area contributed by atoms with Crippen LogP contribution in [0.2, 0.25) is 5.02 Å². The summed E-state index contributed by atoms with van der Waals surface area (Å²) in [5.41, 5.74) is 5.07. The minimum Gasteiger partial charge on any atom is -0.477 e. The second-order valence-electron chi connectivity index (χ2n) is 7.63. The summed E-state index contributed by atoms with van der Waals surface area (Å²) in [7, 11) is 0. The molecule has 8 heteroatoms. The van der Waals surface area contributed by atoms with Gasteiger partial charge in [-0.15, -0.1) is 0 Å². The number of hydrogen-bond acceptors (Lipinski definition) is 5. The van der Waals surface area contributed by atoms with Crippen LogP contribution in [-0.4, -0.2) is 32.8 Å². The van der Waals surface area contributed by atoms with Gasteiger partial charge in [0, 0.05) is 30.0 Å². The highest BCUT2D eigenvalue weighted by atomic mass is 35.5. The summed E-state index contributed by atoms with van der Waals surface area (Å²) >= 11 is 6.12. The Labute approximate surface area is 201 Å². The fraction of sp³-hybridized carbons (Fsp3) is 0.154. The van der Waals surface area contributed by atoms with Crippen LogP contribution in [0.25, 0.3) is 33.8 Å². The van der Waals surface area contributed by atoms with E-state index in [-0.39, 0.29) is 5.56 Å². The van der Waals surface area contributed by atoms with E-state index in [0.29, 0.717) is 29.8 Å². The summed E-state index contributed by atoms with van der Waals surface area (Å²) in [4.78, 5) is 24.9. The third-order valence-corrected chi connectivity index (χ3v) is 5.72. The van der Waals surface area contributed by atoms with Crippen LogP contribution in [0, 0.1) is 0 Å². The molecule has 0 saturated carbocycles. The maximum absolute atomic E-state index is 11.8. The number of rotatable bonds is 6. The van der Waals surface area contributed by atoms with Crippen LogP contribution in [0.15, 0.2) is 77.8 Å². The zero-order valence-corrected chi connectivity index (χ0v) is 19.5. The van der Waals surface area contributed by atoms with Crippen LogP contribution < -0.4 is 5.56 Å². The van der Waals surface area contributed by atoms with Crippen molar-refractivity contribution in [3.05, 3.63) is 99.8 Å². The molecule has 172 valence electrons. The van der Waals surface area contributed by atoms with Crippen LogP contribution in [0.3, 0.4) is 0 Å². The molecular weight excluding hydrogens is 452 g/mol. The molecule has 0 unspecified atom stereocenters. The van der Waals surface area contributed by atoms with Crippen LogP contribution in [0.4, 0.5) is 0 Å². The summed E-state index contributed by atoms with van der Waals surface area (Å²) in [5, 5.41) is 3.21. The van der Waals surface area contributed by atoms with Crippen molar-refractivity contribution in [3.8, 4) is 11.1 Å². The van der Waals surface area contributed by atoms with Crippen LogP contribution >= 0.6 is 11.6 Å². The topological polar surface area (TPSA) is 72.4 Å². The normalized spacial score (nSPS) is 13.3. The molecule has 0 aliphatic carbocycles. The lowest BCUT2D eigenvalue weighted by Crippen LogP contribution is -2.20. The molecule has 34 heavy (non-hydrogen) atoms. The van der Waals surface area contributed by atoms with E-state index >= 15 is 0 Å². The average molecular weight is 475 g/mol. The van der Waals surface area contributed by atoms with E-state index in [1.54, 1.807) is 23.5 Å². The number of aromatic nitrogens is 3. The lowest BCUT2D eigenvalue weighted by atomic mass is 10.0. The zero-order valence-electron chi connectivity index (χ0n) is 18.8. The molecule has 0 amide bonds. The fourth-order valence-corrected chi connectivity index (χ4v) is 4.20. The number of nitrogens with one attached hydrogen (secondary N) is 1. The number of nitrogens with zero attached hydrogens (tertiary/aromatic N) is 3. The Hall–Kier alpha value is -3.81. The van der Waals surface area contributed by atoms with Gasteiger partial charge in [-0.1, -0.05) is 17.7 Å². The molecular formula is C26H23ClN4O3. The van der Waals surface area contributed by atoms with Gasteiger partial charge >= 0.3 is 0 Å². The quantitative estimate of drug-likeness (QED) is 0.400. The van der Waals surface area contributed by atoms with Gasteiger partial charge in [0.1, 0.15) is 0 Å². The minimum absolute atomic E-state index is 0.135. The first kappa shape index (κ1) is 22.0. The molecule has 1 aliphatic rings. The minimum atomic E-state index is -0.135. The number of halogens is 1. The van der Waals surface area contributed by atoms with Gasteiger partial charge in [-0.05, 0) is 61.4 Å². The summed E-state index contributed by atoms with van der Waals surface area (Å²) in [6.07, 6.45) is 7.06. The standard InChI is InChI=1S/C26H23ClN4O3/c1-3-33-26-25(21-7-6-20(27)16-29-21)23-14-19-13-17(18-9-10-28-24(32)15-18)5-8-22(19)30(23)11-12-31(26)34-4-2/h5-16H,3-4H2,1-2H3,(H,28,32). The Morgan fingerprint density at radius 3 is 2.59 bits per heavy atom. The SMILES string of the molecule is CCOC1=C(c2ccc(Cl)cn2)c2cc3cc(-c4cc[nH]c(=O)c4)ccc3n2C=CN1OCC. The Morgan fingerprint density at radius 1 is 1.00 bits per heavy atom. The molecule has 7 nitrogen and oxygen atoms in total. The first-order valence-corrected chi connectivity index (χ1v) is 11.4. The maximum atomic E-state index is 11.8. The zero-order chi connectivity index (χ0) is 23.7. The molecule has 3 aromatic heterocycles. The van der Waals surface area contributed by atoms with Crippen molar-refractivity contribution in [2.45, 2.75) is 13.8 Å². The molecule has 1 N–H and O–H groups in total. The van der Waals surface area contributed by atoms with E-state index in [1.165, 1.54) is 0 Å². The lowest BCUT2D eigenvalue weighted by molar-refractivity contribution is -0.123. The van der Waals surface area contributed by atoms with Crippen molar-refractivity contribution >= 4 is 34.3 Å². The molecule has 0 fully saturated rings. The molecule has 0 atom stereocenters. The van der Waals surface area contributed by atoms with Gasteiger partial charge in [0.25, 0.3) is 0 Å². The first-order valence-electron chi connectivity index (χ1n) is 11.0. The Bertz CT molecular complexity index is 1470. The van der Waals surface area contributed by atoms with Crippen molar-refractivity contribution in [3.63, 3.8) is 0 Å². The van der Waals surface area contributed by atoms with E-state index in [2.05, 4.69) is 26.7 Å². The van der Waals surface area contributed by atoms with Gasteiger partial charge in [-0.2, -0.15) is 5.06 Å². The molecule has 0 radical (unpaired) electrons. The average Bonchev–Trinajstić information content (AvgIpc) is 3.12. The number of hydrogen-bond donors (Lipinski definition) is 1. The number of fused-ring (bicyclic) bond motifs is 3. The number of aromatic amines is 1. The summed E-state index contributed by atoms with van der Waals surface area (Å²) < 4.78 is 8.17. The van der Waals surface area contributed by atoms with E-state index in [1.807, 2.05) is 56.6 Å². The van der Waals surface area contributed by atoms with Crippen LogP contribution in [0.1, 0.15) is 25.2 Å². The van der Waals surface area contributed by atoms with Gasteiger partial charge in [-0.3, -0.25) is 14.6 Å². The highest BCUT2D eigenvalue weighted by Crippen LogP contribution is 2.36. The van der Waals surface area contributed by atoms with E-state index in [4.69, 9.17) is 21.2 Å². The van der Waals surface area contributed by atoms with E-state index in [0.717, 1.165) is 33.3 Å². The van der Waals surface area contributed by atoms with Crippen molar-refractivity contribution in [2.75, 3.05) is 13.2 Å². The monoisotopic (exact) mass is 474 g/mol. The van der Waals surface area contributed by atoms with Gasteiger partial charge in [-0.25, -0.2) is 0 Å². The smallest absolute Gasteiger partial charge is 0.248 e. The van der Waals surface area contributed by atoms with Gasteiger partial charge in [0.05, 0.1) is 46.9 Å². The van der Waals surface area contributed by atoms with Gasteiger partial charge < -0.3 is 14.3 Å². The summed E-state index contributed by atoms with van der Waals surface area (Å²) in [6.45, 7) is 4.78. The van der Waals surface area contributed by atoms with E-state index in [9.17, 15) is 4.79 Å². The summed E-state index contributed by atoms with van der Waals surface area (Å²) in [6, 6.07) is 15.4. The third kappa shape index (κ3) is 4.00. The third-order valence-electron chi connectivity index (χ3n) is 5.50. The number of pyridine rings is 2. The van der Waals surface area contributed by atoms with Crippen molar-refractivity contribution < 1.29 is 9.57 Å². The molecule has 0 spiro atoms. The second kappa shape index (κ2) is 9.21.